The lowest BCUT2D eigenvalue weighted by atomic mass is 9.90. The zero-order valence-electron chi connectivity index (χ0n) is 12.8. The molecule has 5 nitrogen and oxygen atoms in total. The van der Waals surface area contributed by atoms with Crippen molar-refractivity contribution in [3.8, 4) is 11.3 Å². The number of amides is 1. The summed E-state index contributed by atoms with van der Waals surface area (Å²) in [5.74, 6) is -1.44. The third kappa shape index (κ3) is 3.12. The molecule has 2 aromatic rings. The molecular formula is C17H18N2O3S. The monoisotopic (exact) mass is 330 g/mol. The number of nitrogens with zero attached hydrogens (tertiary/aromatic N) is 2. The number of rotatable bonds is 3. The van der Waals surface area contributed by atoms with Crippen molar-refractivity contribution in [1.29, 1.82) is 0 Å². The largest absolute Gasteiger partial charge is 0.481 e. The summed E-state index contributed by atoms with van der Waals surface area (Å²) in [7, 11) is 0. The first kappa shape index (κ1) is 15.7. The Morgan fingerprint density at radius 2 is 2.04 bits per heavy atom. The Morgan fingerprint density at radius 3 is 2.74 bits per heavy atom. The van der Waals surface area contributed by atoms with Crippen molar-refractivity contribution in [2.45, 2.75) is 25.8 Å². The van der Waals surface area contributed by atoms with Gasteiger partial charge in [0.25, 0.3) is 5.91 Å². The quantitative estimate of drug-likeness (QED) is 0.938. The lowest BCUT2D eigenvalue weighted by molar-refractivity contribution is -0.144. The average Bonchev–Trinajstić information content (AvgIpc) is 3.05. The predicted octanol–water partition coefficient (Wildman–Crippen LogP) is 3.14. The minimum absolute atomic E-state index is 0.122. The molecule has 0 spiro atoms. The van der Waals surface area contributed by atoms with E-state index in [1.807, 2.05) is 37.3 Å². The van der Waals surface area contributed by atoms with Crippen LogP contribution in [0.15, 0.2) is 36.4 Å². The van der Waals surface area contributed by atoms with Crippen molar-refractivity contribution >= 4 is 23.4 Å². The maximum atomic E-state index is 12.7. The molecule has 2 atom stereocenters. The topological polar surface area (TPSA) is 70.5 Å². The minimum atomic E-state index is -0.829. The van der Waals surface area contributed by atoms with Gasteiger partial charge in [0.1, 0.15) is 4.88 Å². The molecule has 0 saturated carbocycles. The van der Waals surface area contributed by atoms with Crippen molar-refractivity contribution in [2.24, 2.45) is 5.92 Å². The maximum absolute atomic E-state index is 12.7. The van der Waals surface area contributed by atoms with Crippen LogP contribution in [0.3, 0.4) is 0 Å². The molecule has 120 valence electrons. The van der Waals surface area contributed by atoms with Crippen LogP contribution < -0.4 is 0 Å². The van der Waals surface area contributed by atoms with E-state index in [1.165, 1.54) is 11.5 Å². The molecule has 3 rings (SSSR count). The third-order valence-corrected chi connectivity index (χ3v) is 5.13. The van der Waals surface area contributed by atoms with Crippen LogP contribution in [0.25, 0.3) is 11.3 Å². The molecule has 1 aliphatic heterocycles. The van der Waals surface area contributed by atoms with Crippen LogP contribution in [-0.2, 0) is 4.79 Å². The van der Waals surface area contributed by atoms with Crippen LogP contribution in [0.4, 0.5) is 0 Å². The summed E-state index contributed by atoms with van der Waals surface area (Å²) < 4.78 is 4.36. The SMILES string of the molecule is C[C@@H]1[C@H](C(=O)O)CCCN1C(=O)c1cc(-c2ccccc2)ns1. The molecule has 2 heterocycles. The van der Waals surface area contributed by atoms with Crippen LogP contribution in [0, 0.1) is 5.92 Å². The van der Waals surface area contributed by atoms with Gasteiger partial charge in [0.05, 0.1) is 11.6 Å². The van der Waals surface area contributed by atoms with E-state index in [9.17, 15) is 14.7 Å². The molecule has 1 aromatic heterocycles. The van der Waals surface area contributed by atoms with E-state index in [2.05, 4.69) is 4.37 Å². The number of carboxylic acid groups (broad SMARTS) is 1. The van der Waals surface area contributed by atoms with Gasteiger partial charge in [-0.25, -0.2) is 0 Å². The second-order valence-corrected chi connectivity index (χ2v) is 6.57. The van der Waals surface area contributed by atoms with Crippen molar-refractivity contribution in [3.05, 3.63) is 41.3 Å². The van der Waals surface area contributed by atoms with E-state index in [0.29, 0.717) is 17.8 Å². The van der Waals surface area contributed by atoms with Crippen LogP contribution in [0.2, 0.25) is 0 Å². The number of hydrogen-bond acceptors (Lipinski definition) is 4. The van der Waals surface area contributed by atoms with Gasteiger partial charge in [-0.3, -0.25) is 9.59 Å². The molecule has 6 heteroatoms. The van der Waals surface area contributed by atoms with E-state index in [4.69, 9.17) is 0 Å². The highest BCUT2D eigenvalue weighted by molar-refractivity contribution is 7.08. The molecule has 1 fully saturated rings. The molecular weight excluding hydrogens is 312 g/mol. The van der Waals surface area contributed by atoms with Gasteiger partial charge in [0.15, 0.2) is 0 Å². The molecule has 1 aliphatic rings. The van der Waals surface area contributed by atoms with Crippen LogP contribution in [0.5, 0.6) is 0 Å². The van der Waals surface area contributed by atoms with E-state index in [1.54, 1.807) is 11.0 Å². The number of aliphatic carboxylic acids is 1. The summed E-state index contributed by atoms with van der Waals surface area (Å²) in [6.07, 6.45) is 1.34. The van der Waals surface area contributed by atoms with Gasteiger partial charge in [-0.2, -0.15) is 4.37 Å². The van der Waals surface area contributed by atoms with Gasteiger partial charge in [0, 0.05) is 18.2 Å². The molecule has 23 heavy (non-hydrogen) atoms. The number of benzene rings is 1. The van der Waals surface area contributed by atoms with E-state index >= 15 is 0 Å². The third-order valence-electron chi connectivity index (χ3n) is 4.36. The molecule has 1 saturated heterocycles. The van der Waals surface area contributed by atoms with Crippen molar-refractivity contribution in [1.82, 2.24) is 9.27 Å². The van der Waals surface area contributed by atoms with Crippen LogP contribution in [-0.4, -0.2) is 38.8 Å². The van der Waals surface area contributed by atoms with E-state index in [0.717, 1.165) is 17.7 Å². The standard InChI is InChI=1S/C17H18N2O3S/c1-11-13(17(21)22)8-5-9-19(11)16(20)15-10-14(18-23-15)12-6-3-2-4-7-12/h2-4,6-7,10-11,13H,5,8-9H2,1H3,(H,21,22)/t11-,13-/m1/s1. The lowest BCUT2D eigenvalue weighted by Gasteiger charge is -2.37. The molecule has 1 aromatic carbocycles. The number of carbonyl (C=O) groups is 2. The summed E-state index contributed by atoms with van der Waals surface area (Å²) in [6.45, 7) is 2.41. The number of likely N-dealkylation sites (tertiary alicyclic amines) is 1. The second-order valence-electron chi connectivity index (χ2n) is 5.77. The van der Waals surface area contributed by atoms with Gasteiger partial charge in [0.2, 0.25) is 0 Å². The summed E-state index contributed by atoms with van der Waals surface area (Å²) in [5.41, 5.74) is 1.75. The summed E-state index contributed by atoms with van der Waals surface area (Å²) >= 11 is 1.17. The number of hydrogen-bond donors (Lipinski definition) is 1. The molecule has 0 bridgehead atoms. The fraction of sp³-hybridized carbons (Fsp3) is 0.353. The molecule has 0 radical (unpaired) electrons. The van der Waals surface area contributed by atoms with Gasteiger partial charge in [-0.05, 0) is 37.4 Å². The fourth-order valence-electron chi connectivity index (χ4n) is 3.02. The maximum Gasteiger partial charge on any atom is 0.308 e. The highest BCUT2D eigenvalue weighted by Gasteiger charge is 2.36. The first-order chi connectivity index (χ1) is 11.1. The summed E-state index contributed by atoms with van der Waals surface area (Å²) in [6, 6.07) is 11.2. The number of carboxylic acids is 1. The molecule has 1 amide bonds. The van der Waals surface area contributed by atoms with Crippen molar-refractivity contribution in [3.63, 3.8) is 0 Å². The van der Waals surface area contributed by atoms with Crippen LogP contribution in [0.1, 0.15) is 29.4 Å². The lowest BCUT2D eigenvalue weighted by Crippen LogP contribution is -2.48. The average molecular weight is 330 g/mol. The summed E-state index contributed by atoms with van der Waals surface area (Å²) in [4.78, 5) is 26.3. The van der Waals surface area contributed by atoms with E-state index in [-0.39, 0.29) is 11.9 Å². The molecule has 0 aliphatic carbocycles. The first-order valence-electron chi connectivity index (χ1n) is 7.64. The van der Waals surface area contributed by atoms with Crippen molar-refractivity contribution in [2.75, 3.05) is 6.54 Å². The normalized spacial score (nSPS) is 21.2. The van der Waals surface area contributed by atoms with Gasteiger partial charge >= 0.3 is 5.97 Å². The van der Waals surface area contributed by atoms with Crippen molar-refractivity contribution < 1.29 is 14.7 Å². The number of aromatic nitrogens is 1. The first-order valence-corrected chi connectivity index (χ1v) is 8.41. The Balaban J connectivity index is 1.81. The zero-order chi connectivity index (χ0) is 16.4. The fourth-order valence-corrected chi connectivity index (χ4v) is 3.74. The minimum Gasteiger partial charge on any atom is -0.481 e. The Bertz CT molecular complexity index is 714. The van der Waals surface area contributed by atoms with Gasteiger partial charge in [-0.1, -0.05) is 30.3 Å². The molecule has 1 N–H and O–H groups in total. The number of carbonyl (C=O) groups excluding carboxylic acids is 1. The predicted molar refractivity (Wildman–Crippen MR) is 88.4 cm³/mol. The Kier molecular flexibility index (Phi) is 4.43. The second kappa shape index (κ2) is 6.50. The Morgan fingerprint density at radius 1 is 1.30 bits per heavy atom. The van der Waals surface area contributed by atoms with E-state index < -0.39 is 11.9 Å². The smallest absolute Gasteiger partial charge is 0.308 e. The summed E-state index contributed by atoms with van der Waals surface area (Å²) in [5, 5.41) is 9.28. The zero-order valence-corrected chi connectivity index (χ0v) is 13.6. The Labute approximate surface area is 138 Å². The Hall–Kier alpha value is -2.21. The number of piperidine rings is 1. The molecule has 0 unspecified atom stereocenters. The highest BCUT2D eigenvalue weighted by atomic mass is 32.1. The highest BCUT2D eigenvalue weighted by Crippen LogP contribution is 2.28. The van der Waals surface area contributed by atoms with Crippen LogP contribution >= 0.6 is 11.5 Å². The van der Waals surface area contributed by atoms with Gasteiger partial charge < -0.3 is 10.0 Å². The van der Waals surface area contributed by atoms with Gasteiger partial charge in [-0.15, -0.1) is 0 Å².